The second-order valence-electron chi connectivity index (χ2n) is 2.66. The van der Waals surface area contributed by atoms with Gasteiger partial charge >= 0.3 is 0 Å². The molecule has 3 heteroatoms. The molecule has 70 valence electrons. The van der Waals surface area contributed by atoms with Gasteiger partial charge in [-0.05, 0) is 0 Å². The molecule has 0 heterocycles. The lowest BCUT2D eigenvalue weighted by Crippen LogP contribution is -1.96. The predicted molar refractivity (Wildman–Crippen MR) is 57.3 cm³/mol. The van der Waals surface area contributed by atoms with E-state index in [4.69, 9.17) is 9.47 Å². The van der Waals surface area contributed by atoms with Crippen LogP contribution in [-0.2, 0) is 9.47 Å². The maximum atomic E-state index is 5.28. The molecule has 1 rings (SSSR count). The van der Waals surface area contributed by atoms with Crippen LogP contribution in [0.15, 0.2) is 35.7 Å². The molecule has 0 aliphatic heterocycles. The fourth-order valence-corrected chi connectivity index (χ4v) is 1.64. The lowest BCUT2D eigenvalue weighted by atomic mass is 10.2. The lowest BCUT2D eigenvalue weighted by molar-refractivity contribution is 0.291. The molecular weight excluding hydrogens is 180 g/mol. The van der Waals surface area contributed by atoms with Crippen LogP contribution in [0.5, 0.6) is 0 Å². The minimum Gasteiger partial charge on any atom is -0.503 e. The zero-order chi connectivity index (χ0) is 9.68. The zero-order valence-corrected chi connectivity index (χ0v) is 10.2. The molecule has 0 amide bonds. The topological polar surface area (TPSA) is 18.5 Å². The molecule has 1 aromatic rings. The third kappa shape index (κ3) is 2.35. The van der Waals surface area contributed by atoms with Gasteiger partial charge in [-0.1, -0.05) is 30.3 Å². The summed E-state index contributed by atoms with van der Waals surface area (Å²) in [5.74, 6) is 0.842. The Balaban J connectivity index is 3.05. The van der Waals surface area contributed by atoms with E-state index in [1.165, 1.54) is 0 Å². The second kappa shape index (κ2) is 4.72. The Hall–Kier alpha value is -1.22. The van der Waals surface area contributed by atoms with E-state index in [0.29, 0.717) is 0 Å². The lowest BCUT2D eigenvalue weighted by Gasteiger charge is -2.09. The average Bonchev–Trinajstić information content (AvgIpc) is 2.20. The summed E-state index contributed by atoms with van der Waals surface area (Å²) in [6, 6.07) is 9.97. The van der Waals surface area contributed by atoms with Crippen LogP contribution in [0.4, 0.5) is 0 Å². The number of hydrogen-bond donors (Lipinski definition) is 0. The van der Waals surface area contributed by atoms with Crippen LogP contribution < -0.4 is 0 Å². The normalized spacial score (nSPS) is 12.2. The maximum absolute atomic E-state index is 5.28. The van der Waals surface area contributed by atoms with Crippen molar-refractivity contribution in [1.29, 1.82) is 0 Å². The van der Waals surface area contributed by atoms with Crippen molar-refractivity contribution in [2.45, 2.75) is 0 Å². The number of ether oxygens (including phenoxy) is 2. The summed E-state index contributed by atoms with van der Waals surface area (Å²) in [5, 5.41) is 0.925. The molecule has 1 aromatic carbocycles. The minimum atomic E-state index is 0.842. The Morgan fingerprint density at radius 2 is 1.69 bits per heavy atom. The third-order valence-electron chi connectivity index (χ3n) is 1.87. The third-order valence-corrected chi connectivity index (χ3v) is 2.73. The van der Waals surface area contributed by atoms with Crippen LogP contribution in [-0.4, -0.2) is 24.5 Å². The van der Waals surface area contributed by atoms with Crippen molar-refractivity contribution in [2.24, 2.45) is 0 Å². The van der Waals surface area contributed by atoms with Gasteiger partial charge in [0.2, 0.25) is 0 Å². The number of rotatable bonds is 3. The molecular formula is C10H14O2Si. The minimum absolute atomic E-state index is 0.842. The zero-order valence-electron chi connectivity index (χ0n) is 8.20. The van der Waals surface area contributed by atoms with Crippen LogP contribution in [0, 0.1) is 0 Å². The Labute approximate surface area is 81.6 Å². The fraction of sp³-hybridized carbons (Fsp3) is 0.200. The Kier molecular flexibility index (Phi) is 3.58. The highest BCUT2D eigenvalue weighted by Crippen LogP contribution is 2.17. The van der Waals surface area contributed by atoms with Crippen molar-refractivity contribution >= 4 is 16.0 Å². The van der Waals surface area contributed by atoms with E-state index in [-0.39, 0.29) is 0 Å². The SMILES string of the molecule is COC([SiH3])=C(OC)c1ccccc1. The van der Waals surface area contributed by atoms with E-state index >= 15 is 0 Å². The highest BCUT2D eigenvalue weighted by atomic mass is 28.1. The predicted octanol–water partition coefficient (Wildman–Crippen LogP) is 0.971. The van der Waals surface area contributed by atoms with E-state index in [9.17, 15) is 0 Å². The second-order valence-corrected chi connectivity index (χ2v) is 3.57. The van der Waals surface area contributed by atoms with Gasteiger partial charge < -0.3 is 9.47 Å². The van der Waals surface area contributed by atoms with Gasteiger partial charge in [-0.25, -0.2) is 0 Å². The number of methoxy groups -OCH3 is 2. The van der Waals surface area contributed by atoms with Crippen molar-refractivity contribution in [3.8, 4) is 0 Å². The van der Waals surface area contributed by atoms with Gasteiger partial charge in [0.25, 0.3) is 0 Å². The van der Waals surface area contributed by atoms with Crippen molar-refractivity contribution in [3.05, 3.63) is 41.3 Å². The summed E-state index contributed by atoms with van der Waals surface area (Å²) in [4.78, 5) is 0. The van der Waals surface area contributed by atoms with Crippen molar-refractivity contribution in [1.82, 2.24) is 0 Å². The summed E-state index contributed by atoms with van der Waals surface area (Å²) in [7, 11) is 4.19. The Bertz CT molecular complexity index is 293. The van der Waals surface area contributed by atoms with E-state index in [1.807, 2.05) is 30.3 Å². The molecule has 0 spiro atoms. The number of hydrogen-bond acceptors (Lipinski definition) is 2. The average molecular weight is 194 g/mol. The molecule has 0 saturated heterocycles. The molecule has 0 unspecified atom stereocenters. The fourth-order valence-electron chi connectivity index (χ4n) is 1.15. The summed E-state index contributed by atoms with van der Waals surface area (Å²) in [5.41, 5.74) is 1.07. The molecule has 0 N–H and O–H groups in total. The van der Waals surface area contributed by atoms with Gasteiger partial charge in [0.05, 0.1) is 24.5 Å². The maximum Gasteiger partial charge on any atom is 0.157 e. The first-order chi connectivity index (χ1) is 6.29. The first-order valence-corrected chi connectivity index (χ1v) is 5.14. The molecule has 0 radical (unpaired) electrons. The van der Waals surface area contributed by atoms with Gasteiger partial charge in [0, 0.05) is 5.56 Å². The summed E-state index contributed by atoms with van der Waals surface area (Å²) >= 11 is 0. The number of benzene rings is 1. The molecule has 13 heavy (non-hydrogen) atoms. The van der Waals surface area contributed by atoms with Crippen molar-refractivity contribution in [3.63, 3.8) is 0 Å². The monoisotopic (exact) mass is 194 g/mol. The molecule has 0 aromatic heterocycles. The molecule has 0 bridgehead atoms. The highest BCUT2D eigenvalue weighted by Gasteiger charge is 2.04. The molecule has 0 saturated carbocycles. The van der Waals surface area contributed by atoms with Crippen molar-refractivity contribution in [2.75, 3.05) is 14.2 Å². The molecule has 0 aliphatic rings. The smallest absolute Gasteiger partial charge is 0.157 e. The molecule has 0 fully saturated rings. The summed E-state index contributed by atoms with van der Waals surface area (Å²) in [6.07, 6.45) is 0. The van der Waals surface area contributed by atoms with Gasteiger partial charge in [-0.2, -0.15) is 0 Å². The van der Waals surface area contributed by atoms with E-state index in [1.54, 1.807) is 14.2 Å². The van der Waals surface area contributed by atoms with Gasteiger partial charge in [0.15, 0.2) is 5.76 Å². The van der Waals surface area contributed by atoms with Crippen LogP contribution in [0.1, 0.15) is 5.56 Å². The van der Waals surface area contributed by atoms with E-state index < -0.39 is 0 Å². The quantitative estimate of drug-likeness (QED) is 0.527. The van der Waals surface area contributed by atoms with Crippen LogP contribution >= 0.6 is 0 Å². The van der Waals surface area contributed by atoms with Gasteiger partial charge in [-0.3, -0.25) is 0 Å². The standard InChI is InChI=1S/C10H14O2Si/c1-11-9(10(13)12-2)8-6-4-3-5-7-8/h3-7H,1-2,13H3. The highest BCUT2D eigenvalue weighted by molar-refractivity contribution is 6.23. The van der Waals surface area contributed by atoms with Crippen LogP contribution in [0.2, 0.25) is 0 Å². The van der Waals surface area contributed by atoms with E-state index in [0.717, 1.165) is 26.9 Å². The van der Waals surface area contributed by atoms with Gasteiger partial charge in [-0.15, -0.1) is 0 Å². The van der Waals surface area contributed by atoms with Crippen LogP contribution in [0.25, 0.3) is 5.76 Å². The molecule has 2 nitrogen and oxygen atoms in total. The summed E-state index contributed by atoms with van der Waals surface area (Å²) in [6.45, 7) is 0. The summed E-state index contributed by atoms with van der Waals surface area (Å²) < 4.78 is 10.5. The van der Waals surface area contributed by atoms with Gasteiger partial charge in [0.1, 0.15) is 5.38 Å². The van der Waals surface area contributed by atoms with Crippen LogP contribution in [0.3, 0.4) is 0 Å². The molecule has 0 aliphatic carbocycles. The largest absolute Gasteiger partial charge is 0.503 e. The first kappa shape index (κ1) is 9.86. The Morgan fingerprint density at radius 1 is 1.08 bits per heavy atom. The first-order valence-electron chi connectivity index (χ1n) is 4.14. The van der Waals surface area contributed by atoms with Crippen molar-refractivity contribution < 1.29 is 9.47 Å². The van der Waals surface area contributed by atoms with E-state index in [2.05, 4.69) is 0 Å². The Morgan fingerprint density at radius 3 is 2.15 bits per heavy atom. The molecule has 0 atom stereocenters.